The van der Waals surface area contributed by atoms with Crippen LogP contribution in [0.4, 0.5) is 4.79 Å². The van der Waals surface area contributed by atoms with Gasteiger partial charge in [0.15, 0.2) is 0 Å². The fourth-order valence-electron chi connectivity index (χ4n) is 3.52. The van der Waals surface area contributed by atoms with E-state index in [2.05, 4.69) is 16.0 Å². The van der Waals surface area contributed by atoms with Crippen molar-refractivity contribution in [2.24, 2.45) is 0 Å². The molecule has 1 heterocycles. The third-order valence-corrected chi connectivity index (χ3v) is 4.97. The first-order valence-electron chi connectivity index (χ1n) is 8.23. The lowest BCUT2D eigenvalue weighted by atomic mass is 9.94. The van der Waals surface area contributed by atoms with E-state index in [9.17, 15) is 9.59 Å². The van der Waals surface area contributed by atoms with Crippen molar-refractivity contribution < 1.29 is 9.59 Å². The number of urea groups is 1. The van der Waals surface area contributed by atoms with E-state index in [4.69, 9.17) is 11.6 Å². The molecule has 1 aliphatic carbocycles. The number of halogens is 1. The molecule has 1 saturated carbocycles. The van der Waals surface area contributed by atoms with Crippen LogP contribution in [0, 0.1) is 0 Å². The van der Waals surface area contributed by atoms with Crippen LogP contribution in [0.3, 0.4) is 0 Å². The van der Waals surface area contributed by atoms with Gasteiger partial charge in [-0.05, 0) is 43.4 Å². The first-order valence-corrected chi connectivity index (χ1v) is 8.61. The molecule has 124 valence electrons. The van der Waals surface area contributed by atoms with E-state index in [1.165, 1.54) is 5.56 Å². The molecule has 5 nitrogen and oxygen atoms in total. The van der Waals surface area contributed by atoms with E-state index in [-0.39, 0.29) is 18.0 Å². The van der Waals surface area contributed by atoms with Crippen molar-refractivity contribution >= 4 is 23.5 Å². The second-order valence-electron chi connectivity index (χ2n) is 6.30. The van der Waals surface area contributed by atoms with E-state index in [1.807, 2.05) is 24.3 Å². The second-order valence-corrected chi connectivity index (χ2v) is 6.74. The number of carbonyl (C=O) groups is 2. The highest BCUT2D eigenvalue weighted by Gasteiger charge is 2.31. The lowest BCUT2D eigenvalue weighted by molar-refractivity contribution is -0.124. The van der Waals surface area contributed by atoms with Crippen LogP contribution in [0.2, 0.25) is 5.02 Å². The summed E-state index contributed by atoms with van der Waals surface area (Å²) in [5, 5.41) is 9.34. The first kappa shape index (κ1) is 16.1. The minimum absolute atomic E-state index is 0.0907. The molecule has 2 aliphatic rings. The van der Waals surface area contributed by atoms with Crippen LogP contribution < -0.4 is 16.0 Å². The van der Waals surface area contributed by atoms with Crippen molar-refractivity contribution in [3.05, 3.63) is 34.9 Å². The molecule has 1 aliphatic heterocycles. The largest absolute Gasteiger partial charge is 0.354 e. The Bertz CT molecular complexity index is 576. The zero-order valence-corrected chi connectivity index (χ0v) is 13.7. The highest BCUT2D eigenvalue weighted by atomic mass is 35.5. The van der Waals surface area contributed by atoms with Gasteiger partial charge >= 0.3 is 6.03 Å². The molecule has 3 N–H and O–H groups in total. The Morgan fingerprint density at radius 1 is 1.09 bits per heavy atom. The molecule has 0 aromatic heterocycles. The predicted octanol–water partition coefficient (Wildman–Crippen LogP) is 2.55. The summed E-state index contributed by atoms with van der Waals surface area (Å²) >= 11 is 5.94. The molecule has 0 radical (unpaired) electrons. The summed E-state index contributed by atoms with van der Waals surface area (Å²) in [6.45, 7) is 0.694. The molecule has 0 unspecified atom stereocenters. The van der Waals surface area contributed by atoms with Crippen LogP contribution in [0.1, 0.15) is 43.6 Å². The normalized spacial score (nSPS) is 27.3. The summed E-state index contributed by atoms with van der Waals surface area (Å²) in [6.07, 6.45) is 4.69. The van der Waals surface area contributed by atoms with Crippen molar-refractivity contribution in [3.63, 3.8) is 0 Å². The molecular formula is C17H22ClN3O2. The first-order chi connectivity index (χ1) is 11.1. The average molecular weight is 336 g/mol. The molecule has 1 aromatic carbocycles. The Morgan fingerprint density at radius 3 is 2.61 bits per heavy atom. The standard InChI is InChI=1S/C17H22ClN3O2/c18-12-8-6-11(7-9-12)13-3-1-4-14(13)20-17(23)21-15-5-2-10-19-16(15)22/h6-9,13-15H,1-5,10H2,(H,19,22)(H2,20,21,23)/t13-,14-,15-/m1/s1. The van der Waals surface area contributed by atoms with Crippen LogP contribution in [0.5, 0.6) is 0 Å². The maximum Gasteiger partial charge on any atom is 0.315 e. The summed E-state index contributed by atoms with van der Waals surface area (Å²) in [7, 11) is 0. The van der Waals surface area contributed by atoms with Crippen molar-refractivity contribution in [2.75, 3.05) is 6.54 Å². The van der Waals surface area contributed by atoms with Crippen LogP contribution in [-0.4, -0.2) is 30.6 Å². The predicted molar refractivity (Wildman–Crippen MR) is 89.5 cm³/mol. The van der Waals surface area contributed by atoms with Gasteiger partial charge in [-0.2, -0.15) is 0 Å². The van der Waals surface area contributed by atoms with Crippen LogP contribution in [0.25, 0.3) is 0 Å². The molecule has 6 heteroatoms. The van der Waals surface area contributed by atoms with Crippen LogP contribution in [0.15, 0.2) is 24.3 Å². The quantitative estimate of drug-likeness (QED) is 0.794. The Hall–Kier alpha value is -1.75. The fourth-order valence-corrected chi connectivity index (χ4v) is 3.65. The molecule has 1 saturated heterocycles. The molecule has 0 bridgehead atoms. The van der Waals surface area contributed by atoms with Gasteiger partial charge in [0.25, 0.3) is 0 Å². The molecule has 0 spiro atoms. The smallest absolute Gasteiger partial charge is 0.315 e. The minimum atomic E-state index is -0.417. The van der Waals surface area contributed by atoms with Crippen molar-refractivity contribution in [1.29, 1.82) is 0 Å². The number of amides is 3. The van der Waals surface area contributed by atoms with Gasteiger partial charge in [-0.1, -0.05) is 30.2 Å². The summed E-state index contributed by atoms with van der Waals surface area (Å²) in [5.74, 6) is 0.213. The van der Waals surface area contributed by atoms with Gasteiger partial charge in [-0.3, -0.25) is 4.79 Å². The molecule has 3 atom stereocenters. The number of hydrogen-bond donors (Lipinski definition) is 3. The molecule has 3 amide bonds. The lowest BCUT2D eigenvalue weighted by Gasteiger charge is -2.26. The lowest BCUT2D eigenvalue weighted by Crippen LogP contribution is -2.54. The molecule has 2 fully saturated rings. The number of hydrogen-bond acceptors (Lipinski definition) is 2. The van der Waals surface area contributed by atoms with Gasteiger partial charge in [0.2, 0.25) is 5.91 Å². The summed E-state index contributed by atoms with van der Waals surface area (Å²) < 4.78 is 0. The summed E-state index contributed by atoms with van der Waals surface area (Å²) in [5.41, 5.74) is 1.20. The van der Waals surface area contributed by atoms with E-state index in [0.29, 0.717) is 18.9 Å². The van der Waals surface area contributed by atoms with Gasteiger partial charge in [-0.15, -0.1) is 0 Å². The van der Waals surface area contributed by atoms with Gasteiger partial charge in [0.05, 0.1) is 0 Å². The highest BCUT2D eigenvalue weighted by molar-refractivity contribution is 6.30. The Labute approximate surface area is 141 Å². The third kappa shape index (κ3) is 3.96. The van der Waals surface area contributed by atoms with Crippen molar-refractivity contribution in [1.82, 2.24) is 16.0 Å². The third-order valence-electron chi connectivity index (χ3n) is 4.72. The fraction of sp³-hybridized carbons (Fsp3) is 0.529. The SMILES string of the molecule is O=C(N[C@@H]1CCCNC1=O)N[C@@H]1CCC[C@@H]1c1ccc(Cl)cc1. The van der Waals surface area contributed by atoms with E-state index in [1.54, 1.807) is 0 Å². The second kappa shape index (κ2) is 7.21. The van der Waals surface area contributed by atoms with E-state index >= 15 is 0 Å². The number of nitrogens with one attached hydrogen (secondary N) is 3. The van der Waals surface area contributed by atoms with Crippen LogP contribution in [-0.2, 0) is 4.79 Å². The molecule has 23 heavy (non-hydrogen) atoms. The minimum Gasteiger partial charge on any atom is -0.354 e. The Balaban J connectivity index is 1.58. The number of rotatable bonds is 3. The van der Waals surface area contributed by atoms with Crippen molar-refractivity contribution in [2.45, 2.75) is 50.1 Å². The molecule has 1 aromatic rings. The summed E-state index contributed by atoms with van der Waals surface area (Å²) in [6, 6.07) is 7.26. The maximum absolute atomic E-state index is 12.2. The zero-order chi connectivity index (χ0) is 16.2. The van der Waals surface area contributed by atoms with Gasteiger partial charge < -0.3 is 16.0 Å². The van der Waals surface area contributed by atoms with Gasteiger partial charge in [-0.25, -0.2) is 4.79 Å². The zero-order valence-electron chi connectivity index (χ0n) is 13.0. The van der Waals surface area contributed by atoms with Crippen molar-refractivity contribution in [3.8, 4) is 0 Å². The van der Waals surface area contributed by atoms with Crippen LogP contribution >= 0.6 is 11.6 Å². The van der Waals surface area contributed by atoms with E-state index < -0.39 is 6.04 Å². The van der Waals surface area contributed by atoms with Gasteiger partial charge in [0.1, 0.15) is 6.04 Å². The van der Waals surface area contributed by atoms with Gasteiger partial charge in [0, 0.05) is 23.5 Å². The summed E-state index contributed by atoms with van der Waals surface area (Å²) in [4.78, 5) is 23.9. The number of piperidine rings is 1. The highest BCUT2D eigenvalue weighted by Crippen LogP contribution is 2.35. The molecule has 3 rings (SSSR count). The Kier molecular flexibility index (Phi) is 5.06. The number of benzene rings is 1. The topological polar surface area (TPSA) is 70.2 Å². The average Bonchev–Trinajstić information content (AvgIpc) is 2.98. The monoisotopic (exact) mass is 335 g/mol. The number of carbonyl (C=O) groups excluding carboxylic acids is 2. The van der Waals surface area contributed by atoms with E-state index in [0.717, 1.165) is 30.7 Å². The Morgan fingerprint density at radius 2 is 1.87 bits per heavy atom. The maximum atomic E-state index is 12.2. The molecular weight excluding hydrogens is 314 g/mol.